The maximum Gasteiger partial charge on any atom is 0.408 e. The number of aromatic amines is 1. The van der Waals surface area contributed by atoms with Crippen LogP contribution in [0.15, 0.2) is 24.3 Å². The lowest BCUT2D eigenvalue weighted by Gasteiger charge is -2.27. The van der Waals surface area contributed by atoms with Crippen molar-refractivity contribution in [1.82, 2.24) is 20.9 Å². The number of rotatable bonds is 13. The van der Waals surface area contributed by atoms with Gasteiger partial charge in [-0.1, -0.05) is 19.9 Å². The summed E-state index contributed by atoms with van der Waals surface area (Å²) >= 11 is 0. The van der Waals surface area contributed by atoms with Crippen LogP contribution < -0.4 is 20.7 Å². The summed E-state index contributed by atoms with van der Waals surface area (Å²) in [4.78, 5) is 54.6. The first-order chi connectivity index (χ1) is 19.0. The first-order valence-electron chi connectivity index (χ1n) is 13.7. The van der Waals surface area contributed by atoms with Crippen LogP contribution in [0.25, 0.3) is 10.9 Å². The normalized spacial score (nSPS) is 17.1. The monoisotopic (exact) mass is 553 g/mol. The van der Waals surface area contributed by atoms with Gasteiger partial charge in [0.25, 0.3) is 0 Å². The largest absolute Gasteiger partial charge is 0.496 e. The van der Waals surface area contributed by atoms with Crippen molar-refractivity contribution in [3.8, 4) is 11.8 Å². The van der Waals surface area contributed by atoms with Gasteiger partial charge in [0, 0.05) is 41.7 Å². The van der Waals surface area contributed by atoms with E-state index in [1.807, 2.05) is 32.0 Å². The first-order valence-corrected chi connectivity index (χ1v) is 13.7. The number of carbonyl (C=O) groups is 4. The van der Waals surface area contributed by atoms with E-state index in [2.05, 4.69) is 20.9 Å². The Labute approximate surface area is 234 Å². The highest BCUT2D eigenvalue weighted by atomic mass is 16.6. The number of nitrogens with zero attached hydrogens (tertiary/aromatic N) is 1. The third kappa shape index (κ3) is 7.97. The average Bonchev–Trinajstić information content (AvgIpc) is 3.51. The van der Waals surface area contributed by atoms with Crippen LogP contribution in [0.3, 0.4) is 0 Å². The van der Waals surface area contributed by atoms with Crippen LogP contribution in [0.5, 0.6) is 5.75 Å². The number of fused-ring (bicyclic) bond motifs is 1. The molecule has 4 atom stereocenters. The highest BCUT2D eigenvalue weighted by molar-refractivity contribution is 6.02. The molecule has 3 rings (SSSR count). The molecule has 0 bridgehead atoms. The van der Waals surface area contributed by atoms with Crippen molar-refractivity contribution in [3.63, 3.8) is 0 Å². The summed E-state index contributed by atoms with van der Waals surface area (Å²) < 4.78 is 10.7. The van der Waals surface area contributed by atoms with Gasteiger partial charge >= 0.3 is 6.09 Å². The van der Waals surface area contributed by atoms with Gasteiger partial charge in [-0.2, -0.15) is 5.26 Å². The summed E-state index contributed by atoms with van der Waals surface area (Å²) in [5.74, 6) is -1.26. The van der Waals surface area contributed by atoms with Gasteiger partial charge in [0.2, 0.25) is 17.9 Å². The topological polar surface area (TPSA) is 162 Å². The van der Waals surface area contributed by atoms with Crippen molar-refractivity contribution >= 4 is 34.6 Å². The molecule has 40 heavy (non-hydrogen) atoms. The van der Waals surface area contributed by atoms with Gasteiger partial charge in [0.05, 0.1) is 18.8 Å². The Morgan fingerprint density at radius 2 is 1.93 bits per heavy atom. The van der Waals surface area contributed by atoms with Crippen molar-refractivity contribution in [3.05, 3.63) is 30.0 Å². The van der Waals surface area contributed by atoms with E-state index in [0.717, 1.165) is 10.9 Å². The number of ether oxygens (including phenoxy) is 2. The Hall–Kier alpha value is -4.07. The zero-order chi connectivity index (χ0) is 29.4. The lowest BCUT2D eigenvalue weighted by Crippen LogP contribution is -2.49. The van der Waals surface area contributed by atoms with Gasteiger partial charge in [-0.25, -0.2) is 4.79 Å². The predicted molar refractivity (Wildman–Crippen MR) is 149 cm³/mol. The van der Waals surface area contributed by atoms with Gasteiger partial charge in [-0.3, -0.25) is 14.4 Å². The lowest BCUT2D eigenvalue weighted by molar-refractivity contribution is -0.128. The molecule has 1 fully saturated rings. The van der Waals surface area contributed by atoms with Crippen LogP contribution in [0.4, 0.5) is 4.79 Å². The van der Waals surface area contributed by atoms with Crippen LogP contribution in [0, 0.1) is 29.1 Å². The number of nitriles is 1. The van der Waals surface area contributed by atoms with E-state index < -0.39 is 36.0 Å². The van der Waals surface area contributed by atoms with Crippen molar-refractivity contribution < 1.29 is 28.7 Å². The number of methoxy groups -OCH3 is 1. The number of amides is 3. The second-order valence-electron chi connectivity index (χ2n) is 10.9. The van der Waals surface area contributed by atoms with Crippen molar-refractivity contribution in [2.75, 3.05) is 13.7 Å². The number of H-pyrrole nitrogens is 1. The molecule has 1 aliphatic rings. The molecule has 3 amide bonds. The SMILES string of the molecule is COc1cccc2[nH]c(C(=O)CC(CC(C)C)C(=O)N[C@@H](C[C@@H]3CCNC3=O)C(C#N)OC(=O)NC(C)C)cc12. The van der Waals surface area contributed by atoms with Gasteiger partial charge < -0.3 is 30.4 Å². The third-order valence-corrected chi connectivity index (χ3v) is 6.87. The molecule has 1 aromatic carbocycles. The molecular weight excluding hydrogens is 514 g/mol. The molecule has 2 unspecified atom stereocenters. The maximum absolute atomic E-state index is 13.6. The van der Waals surface area contributed by atoms with E-state index in [-0.39, 0.29) is 36.5 Å². The molecule has 0 radical (unpaired) electrons. The van der Waals surface area contributed by atoms with E-state index in [9.17, 15) is 24.4 Å². The highest BCUT2D eigenvalue weighted by Gasteiger charge is 2.36. The van der Waals surface area contributed by atoms with E-state index in [1.54, 1.807) is 33.1 Å². The van der Waals surface area contributed by atoms with Gasteiger partial charge in [-0.15, -0.1) is 0 Å². The number of benzene rings is 1. The Morgan fingerprint density at radius 3 is 2.52 bits per heavy atom. The molecule has 2 heterocycles. The van der Waals surface area contributed by atoms with E-state index in [4.69, 9.17) is 9.47 Å². The lowest BCUT2D eigenvalue weighted by atomic mass is 9.89. The first kappa shape index (κ1) is 30.5. The van der Waals surface area contributed by atoms with Gasteiger partial charge in [-0.05, 0) is 57.2 Å². The summed E-state index contributed by atoms with van der Waals surface area (Å²) in [6, 6.07) is 7.99. The van der Waals surface area contributed by atoms with Gasteiger partial charge in [0.1, 0.15) is 11.8 Å². The van der Waals surface area contributed by atoms with E-state index in [0.29, 0.717) is 30.8 Å². The molecular formula is C29H39N5O6. The fraction of sp³-hybridized carbons (Fsp3) is 0.552. The molecule has 216 valence electrons. The summed E-state index contributed by atoms with van der Waals surface area (Å²) in [6.07, 6.45) is -1.10. The van der Waals surface area contributed by atoms with Crippen LogP contribution in [-0.4, -0.2) is 60.5 Å². The minimum absolute atomic E-state index is 0.0678. The van der Waals surface area contributed by atoms with Crippen molar-refractivity contribution in [2.24, 2.45) is 17.8 Å². The fourth-order valence-corrected chi connectivity index (χ4v) is 4.96. The molecule has 1 aromatic heterocycles. The van der Waals surface area contributed by atoms with Crippen LogP contribution in [0.1, 0.15) is 63.9 Å². The summed E-state index contributed by atoms with van der Waals surface area (Å²) in [7, 11) is 1.56. The Morgan fingerprint density at radius 1 is 1.18 bits per heavy atom. The number of carbonyl (C=O) groups excluding carboxylic acids is 4. The molecule has 0 aliphatic carbocycles. The van der Waals surface area contributed by atoms with Crippen molar-refractivity contribution in [2.45, 2.75) is 71.6 Å². The Kier molecular flexibility index (Phi) is 10.5. The molecule has 0 saturated carbocycles. The number of nitrogens with one attached hydrogen (secondary N) is 4. The third-order valence-electron chi connectivity index (χ3n) is 6.87. The van der Waals surface area contributed by atoms with Crippen LogP contribution in [-0.2, 0) is 14.3 Å². The zero-order valence-corrected chi connectivity index (χ0v) is 23.7. The van der Waals surface area contributed by atoms with Gasteiger partial charge in [0.15, 0.2) is 5.78 Å². The number of hydrogen-bond acceptors (Lipinski definition) is 7. The highest BCUT2D eigenvalue weighted by Crippen LogP contribution is 2.28. The number of alkyl carbamates (subject to hydrolysis) is 1. The smallest absolute Gasteiger partial charge is 0.408 e. The maximum atomic E-state index is 13.6. The molecule has 4 N–H and O–H groups in total. The quantitative estimate of drug-likeness (QED) is 0.276. The molecule has 1 saturated heterocycles. The Balaban J connectivity index is 1.81. The number of aromatic nitrogens is 1. The standard InChI is InChI=1S/C29H39N5O6/c1-16(2)11-19(13-24(35)22-14-20-21(33-22)7-6-8-25(20)39-5)28(37)34-23(12-18-9-10-31-27(18)36)26(15-30)40-29(38)32-17(3)4/h6-8,14,16-19,23,26,33H,9-13H2,1-5H3,(H,31,36)(H,32,38)(H,34,37)/t18-,19?,23-,26?/m0/s1. The summed E-state index contributed by atoms with van der Waals surface area (Å²) in [5, 5.41) is 18.8. The fourth-order valence-electron chi connectivity index (χ4n) is 4.96. The van der Waals surface area contributed by atoms with Crippen LogP contribution in [0.2, 0.25) is 0 Å². The van der Waals surface area contributed by atoms with Crippen LogP contribution >= 0.6 is 0 Å². The predicted octanol–water partition coefficient (Wildman–Crippen LogP) is 3.45. The molecule has 1 aliphatic heterocycles. The van der Waals surface area contributed by atoms with Crippen molar-refractivity contribution in [1.29, 1.82) is 5.26 Å². The second-order valence-corrected chi connectivity index (χ2v) is 10.9. The molecule has 11 heteroatoms. The average molecular weight is 554 g/mol. The zero-order valence-electron chi connectivity index (χ0n) is 23.7. The molecule has 2 aromatic rings. The molecule has 0 spiro atoms. The second kappa shape index (κ2) is 13.8. The minimum Gasteiger partial charge on any atom is -0.496 e. The Bertz CT molecular complexity index is 1260. The number of Topliss-reactive ketones (excluding diaryl/α,β-unsaturated/α-hetero) is 1. The minimum atomic E-state index is -1.33. The summed E-state index contributed by atoms with van der Waals surface area (Å²) in [5.41, 5.74) is 1.11. The van der Waals surface area contributed by atoms with E-state index in [1.165, 1.54) is 0 Å². The molecule has 11 nitrogen and oxygen atoms in total. The summed E-state index contributed by atoms with van der Waals surface area (Å²) in [6.45, 7) is 7.91. The number of ketones is 1. The van der Waals surface area contributed by atoms with E-state index >= 15 is 0 Å². The number of hydrogen-bond donors (Lipinski definition) is 4.